The van der Waals surface area contributed by atoms with Crippen LogP contribution in [0.4, 0.5) is 0 Å². The number of aliphatic hydroxyl groups excluding tert-OH is 2. The number of thiophene rings is 1. The Bertz CT molecular complexity index is 745. The van der Waals surface area contributed by atoms with Crippen LogP contribution in [0.1, 0.15) is 37.0 Å². The molecule has 0 saturated heterocycles. The molecule has 1 aliphatic rings. The van der Waals surface area contributed by atoms with E-state index in [1.807, 2.05) is 30.3 Å². The zero-order valence-electron chi connectivity index (χ0n) is 17.2. The second kappa shape index (κ2) is 13.0. The Labute approximate surface area is 196 Å². The molecule has 164 valence electrons. The Hall–Kier alpha value is -0.665. The molecule has 1 heterocycles. The van der Waals surface area contributed by atoms with Crippen LogP contribution in [0.2, 0.25) is 0 Å². The first-order valence-electron chi connectivity index (χ1n) is 10.2. The van der Waals surface area contributed by atoms with Crippen LogP contribution < -0.4 is 0 Å². The number of carboxylic acid groups (broad SMARTS) is 1. The maximum absolute atomic E-state index is 10.6. The monoisotopic (exact) mass is 512 g/mol. The average Bonchev–Trinajstić information content (AvgIpc) is 3.19. The Kier molecular flexibility index (Phi) is 11.1. The first kappa shape index (κ1) is 25.6. The number of hydrogen-bond donors (Lipinski definition) is 3. The number of rotatable bonds is 12. The van der Waals surface area contributed by atoms with Crippen molar-refractivity contribution in [3.8, 4) is 0 Å². The van der Waals surface area contributed by atoms with Gasteiger partial charge in [0.05, 0.1) is 0 Å². The number of hydrogen-bond acceptors (Lipinski definition) is 5. The predicted molar refractivity (Wildman–Crippen MR) is 132 cm³/mol. The molecule has 3 N–H and O–H groups in total. The SMILES string of the molecule is B=C[C@@H]1CC(O)[C@H](C/C=C\CCCC(=O)O)[C@H]1/C=C/[C@@H](O)CSc1cc(Br)c(C)s1. The molecule has 1 aromatic heterocycles. The standard InChI is InChI=1S/C22H30BBrO4S2/c1-14-19(24)11-22(30-14)29-13-16(25)8-9-17-15(12-23)10-20(26)18(17)6-4-2-3-5-7-21(27)28/h2,4,8-9,11-12,15-18,20,23,25-26H,3,5-7,10,13H2,1H3,(H,27,28)/b4-2-,9-8+/t15-,16+,17-,18+,20?/m0/s1. The van der Waals surface area contributed by atoms with E-state index < -0.39 is 18.2 Å². The summed E-state index contributed by atoms with van der Waals surface area (Å²) in [4.78, 5) is 11.8. The molecule has 4 nitrogen and oxygen atoms in total. The number of allylic oxidation sites excluding steroid dienone is 3. The van der Waals surface area contributed by atoms with Crippen LogP contribution in [0.3, 0.4) is 0 Å². The number of carboxylic acids is 1. The van der Waals surface area contributed by atoms with Crippen LogP contribution in [-0.4, -0.2) is 52.7 Å². The van der Waals surface area contributed by atoms with Crippen molar-refractivity contribution in [2.24, 2.45) is 17.8 Å². The van der Waals surface area contributed by atoms with Crippen molar-refractivity contribution < 1.29 is 20.1 Å². The van der Waals surface area contributed by atoms with E-state index in [2.05, 4.69) is 36.4 Å². The fourth-order valence-electron chi connectivity index (χ4n) is 3.77. The Morgan fingerprint density at radius 2 is 2.23 bits per heavy atom. The van der Waals surface area contributed by atoms with E-state index in [-0.39, 0.29) is 24.2 Å². The van der Waals surface area contributed by atoms with Crippen molar-refractivity contribution in [1.29, 1.82) is 0 Å². The summed E-state index contributed by atoms with van der Waals surface area (Å²) in [6, 6.07) is 2.08. The van der Waals surface area contributed by atoms with Gasteiger partial charge in [0, 0.05) is 0 Å². The zero-order chi connectivity index (χ0) is 22.1. The van der Waals surface area contributed by atoms with Crippen LogP contribution in [0.15, 0.2) is 39.1 Å². The maximum atomic E-state index is 10.6. The molecule has 0 aromatic carbocycles. The number of thioether (sulfide) groups is 1. The fraction of sp³-hybridized carbons (Fsp3) is 0.545. The first-order chi connectivity index (χ1) is 14.3. The number of aliphatic carboxylic acids is 1. The molecular formula is C22H30BBrO4S2. The summed E-state index contributed by atoms with van der Waals surface area (Å²) in [5.41, 5.74) is 0. The number of aliphatic hydroxyl groups is 2. The van der Waals surface area contributed by atoms with E-state index >= 15 is 0 Å². The molecule has 0 amide bonds. The van der Waals surface area contributed by atoms with E-state index in [1.54, 1.807) is 23.1 Å². The third kappa shape index (κ3) is 8.11. The van der Waals surface area contributed by atoms with E-state index in [0.29, 0.717) is 18.6 Å². The molecule has 0 radical (unpaired) electrons. The van der Waals surface area contributed by atoms with Gasteiger partial charge in [-0.15, -0.1) is 0 Å². The fourth-order valence-corrected chi connectivity index (χ4v) is 6.64. The molecule has 2 rings (SSSR count). The molecule has 0 aliphatic heterocycles. The molecular weight excluding hydrogens is 483 g/mol. The van der Waals surface area contributed by atoms with Crippen LogP contribution >= 0.6 is 39.0 Å². The first-order valence-corrected chi connectivity index (χ1v) is 12.8. The molecule has 30 heavy (non-hydrogen) atoms. The molecule has 0 spiro atoms. The van der Waals surface area contributed by atoms with Crippen molar-refractivity contribution in [2.75, 3.05) is 5.75 Å². The summed E-state index contributed by atoms with van der Waals surface area (Å²) < 4.78 is 2.28. The van der Waals surface area contributed by atoms with Crippen molar-refractivity contribution in [2.45, 2.75) is 55.4 Å². The average molecular weight is 513 g/mol. The molecule has 1 aliphatic carbocycles. The summed E-state index contributed by atoms with van der Waals surface area (Å²) in [5.74, 6) is 2.13. The molecule has 1 unspecified atom stereocenters. The number of aryl methyl sites for hydroxylation is 1. The number of halogens is 1. The van der Waals surface area contributed by atoms with Gasteiger partial charge in [0.1, 0.15) is 0 Å². The van der Waals surface area contributed by atoms with Gasteiger partial charge in [0.15, 0.2) is 0 Å². The topological polar surface area (TPSA) is 77.8 Å². The van der Waals surface area contributed by atoms with Crippen molar-refractivity contribution in [1.82, 2.24) is 0 Å². The minimum absolute atomic E-state index is 0.0794. The number of carbonyl (C=O) groups is 1. The third-order valence-electron chi connectivity index (χ3n) is 5.42. The van der Waals surface area contributed by atoms with Crippen LogP contribution in [0.5, 0.6) is 0 Å². The van der Waals surface area contributed by atoms with Gasteiger partial charge in [0.25, 0.3) is 0 Å². The quantitative estimate of drug-likeness (QED) is 0.168. The molecule has 5 atom stereocenters. The molecule has 1 fully saturated rings. The second-order valence-electron chi connectivity index (χ2n) is 7.67. The van der Waals surface area contributed by atoms with E-state index in [9.17, 15) is 15.0 Å². The van der Waals surface area contributed by atoms with Gasteiger partial charge in [-0.05, 0) is 0 Å². The van der Waals surface area contributed by atoms with Gasteiger partial charge in [-0.3, -0.25) is 0 Å². The van der Waals surface area contributed by atoms with Crippen molar-refractivity contribution in [3.05, 3.63) is 39.7 Å². The number of unbranched alkanes of at least 4 members (excludes halogenated alkanes) is 1. The van der Waals surface area contributed by atoms with Crippen LogP contribution in [0, 0.1) is 24.7 Å². The van der Waals surface area contributed by atoms with Crippen LogP contribution in [-0.2, 0) is 4.79 Å². The molecule has 8 heteroatoms. The van der Waals surface area contributed by atoms with Gasteiger partial charge in [0.2, 0.25) is 0 Å². The zero-order valence-corrected chi connectivity index (χ0v) is 20.5. The summed E-state index contributed by atoms with van der Waals surface area (Å²) in [7, 11) is 3.92. The molecule has 1 saturated carbocycles. The van der Waals surface area contributed by atoms with Gasteiger partial charge in [-0.2, -0.15) is 0 Å². The summed E-state index contributed by atoms with van der Waals surface area (Å²) in [5, 5.41) is 29.6. The van der Waals surface area contributed by atoms with Crippen molar-refractivity contribution in [3.63, 3.8) is 0 Å². The summed E-state index contributed by atoms with van der Waals surface area (Å²) in [6.45, 7) is 2.07. The Morgan fingerprint density at radius 1 is 1.47 bits per heavy atom. The minimum atomic E-state index is -0.771. The normalized spacial score (nSPS) is 25.3. The van der Waals surface area contributed by atoms with Gasteiger partial charge < -0.3 is 0 Å². The predicted octanol–water partition coefficient (Wildman–Crippen LogP) is 4.35. The third-order valence-corrected chi connectivity index (χ3v) is 8.87. The van der Waals surface area contributed by atoms with Gasteiger partial charge >= 0.3 is 197 Å². The Morgan fingerprint density at radius 3 is 2.87 bits per heavy atom. The van der Waals surface area contributed by atoms with E-state index in [0.717, 1.165) is 17.3 Å². The van der Waals surface area contributed by atoms with Crippen LogP contribution in [0.25, 0.3) is 0 Å². The van der Waals surface area contributed by atoms with E-state index in [4.69, 9.17) is 5.11 Å². The second-order valence-corrected chi connectivity index (χ2v) is 11.1. The summed E-state index contributed by atoms with van der Waals surface area (Å²) >= 11 is 6.88. The molecule has 1 aromatic rings. The Balaban J connectivity index is 1.89. The molecule has 0 bridgehead atoms. The van der Waals surface area contributed by atoms with E-state index in [1.165, 1.54) is 9.09 Å². The summed E-state index contributed by atoms with van der Waals surface area (Å²) in [6.07, 6.45) is 9.96. The van der Waals surface area contributed by atoms with Gasteiger partial charge in [-0.25, -0.2) is 0 Å². The van der Waals surface area contributed by atoms with Crippen molar-refractivity contribution >= 4 is 58.5 Å². The van der Waals surface area contributed by atoms with Gasteiger partial charge in [-0.1, -0.05) is 0 Å².